The topological polar surface area (TPSA) is 63.9 Å². The molecule has 3 aromatic heterocycles. The third kappa shape index (κ3) is 1.65. The first-order valence-corrected chi connectivity index (χ1v) is 5.24. The molecule has 0 unspecified atom stereocenters. The average Bonchev–Trinajstić information content (AvgIpc) is 2.93. The molecule has 3 aromatic rings. The number of ether oxygens (including phenoxy) is 1. The zero-order chi connectivity index (χ0) is 11.8. The first kappa shape index (κ1) is 9.89. The Hall–Kier alpha value is -2.30. The Kier molecular flexibility index (Phi) is 2.11. The van der Waals surface area contributed by atoms with Crippen LogP contribution >= 0.6 is 0 Å². The van der Waals surface area contributed by atoms with Gasteiger partial charge >= 0.3 is 0 Å². The van der Waals surface area contributed by atoms with E-state index in [2.05, 4.69) is 15.0 Å². The zero-order valence-electron chi connectivity index (χ0n) is 9.52. The molecule has 0 amide bonds. The van der Waals surface area contributed by atoms with Gasteiger partial charge in [-0.05, 0) is 25.1 Å². The van der Waals surface area contributed by atoms with E-state index < -0.39 is 0 Å². The summed E-state index contributed by atoms with van der Waals surface area (Å²) < 4.78 is 10.6. The van der Waals surface area contributed by atoms with Crippen molar-refractivity contribution in [2.45, 2.75) is 6.92 Å². The number of aromatic amines is 1. The Labute approximate surface area is 97.5 Å². The molecule has 0 aliphatic heterocycles. The van der Waals surface area contributed by atoms with Gasteiger partial charge in [0.05, 0.1) is 12.6 Å². The molecule has 0 aliphatic carbocycles. The minimum absolute atomic E-state index is 0.547. The van der Waals surface area contributed by atoms with Gasteiger partial charge in [-0.25, -0.2) is 4.98 Å². The van der Waals surface area contributed by atoms with Crippen LogP contribution in [0.1, 0.15) is 5.76 Å². The van der Waals surface area contributed by atoms with Crippen molar-refractivity contribution in [3.05, 3.63) is 30.0 Å². The first-order chi connectivity index (χ1) is 8.26. The number of imidazole rings is 1. The molecule has 0 saturated carbocycles. The van der Waals surface area contributed by atoms with Crippen LogP contribution in [0.3, 0.4) is 0 Å². The Balaban J connectivity index is 2.13. The predicted molar refractivity (Wildman–Crippen MR) is 62.9 cm³/mol. The number of aromatic nitrogens is 3. The molecule has 3 rings (SSSR count). The van der Waals surface area contributed by atoms with Crippen molar-refractivity contribution in [1.29, 1.82) is 0 Å². The molecular weight excluding hydrogens is 218 g/mol. The second-order valence-electron chi connectivity index (χ2n) is 3.72. The second-order valence-corrected chi connectivity index (χ2v) is 3.72. The van der Waals surface area contributed by atoms with Crippen LogP contribution in [0.15, 0.2) is 28.7 Å². The SMILES string of the molecule is COc1ccc2[nH]c(-c3ccc(C)o3)nc2n1. The maximum absolute atomic E-state index is 5.50. The number of hydrogen-bond acceptors (Lipinski definition) is 4. The maximum Gasteiger partial charge on any atom is 0.215 e. The maximum atomic E-state index is 5.50. The number of nitrogens with one attached hydrogen (secondary N) is 1. The van der Waals surface area contributed by atoms with E-state index in [1.54, 1.807) is 13.2 Å². The number of nitrogens with zero attached hydrogens (tertiary/aromatic N) is 2. The molecule has 0 atom stereocenters. The molecule has 0 saturated heterocycles. The van der Waals surface area contributed by atoms with Crippen LogP contribution in [0, 0.1) is 6.92 Å². The normalized spacial score (nSPS) is 10.9. The Bertz CT molecular complexity index is 669. The van der Waals surface area contributed by atoms with E-state index in [0.29, 0.717) is 23.1 Å². The van der Waals surface area contributed by atoms with Crippen LogP contribution in [0.2, 0.25) is 0 Å². The van der Waals surface area contributed by atoms with E-state index in [1.807, 2.05) is 25.1 Å². The highest BCUT2D eigenvalue weighted by atomic mass is 16.5. The minimum Gasteiger partial charge on any atom is -0.481 e. The summed E-state index contributed by atoms with van der Waals surface area (Å²) in [6.07, 6.45) is 0. The van der Waals surface area contributed by atoms with Crippen molar-refractivity contribution >= 4 is 11.2 Å². The van der Waals surface area contributed by atoms with Gasteiger partial charge in [0.1, 0.15) is 5.76 Å². The van der Waals surface area contributed by atoms with Crippen molar-refractivity contribution in [3.63, 3.8) is 0 Å². The quantitative estimate of drug-likeness (QED) is 0.733. The highest BCUT2D eigenvalue weighted by molar-refractivity contribution is 5.75. The summed E-state index contributed by atoms with van der Waals surface area (Å²) in [6, 6.07) is 7.45. The van der Waals surface area contributed by atoms with Gasteiger partial charge in [-0.1, -0.05) is 0 Å². The van der Waals surface area contributed by atoms with Crippen molar-refractivity contribution in [3.8, 4) is 17.5 Å². The van der Waals surface area contributed by atoms with Gasteiger partial charge in [-0.3, -0.25) is 0 Å². The molecule has 0 aromatic carbocycles. The molecule has 3 heterocycles. The Morgan fingerprint density at radius 1 is 1.18 bits per heavy atom. The van der Waals surface area contributed by atoms with Gasteiger partial charge in [0.25, 0.3) is 0 Å². The number of methoxy groups -OCH3 is 1. The van der Waals surface area contributed by atoms with Crippen LogP contribution in [0.4, 0.5) is 0 Å². The molecule has 0 radical (unpaired) electrons. The molecule has 0 spiro atoms. The smallest absolute Gasteiger partial charge is 0.215 e. The summed E-state index contributed by atoms with van der Waals surface area (Å²) in [5.74, 6) is 2.78. The fraction of sp³-hybridized carbons (Fsp3) is 0.167. The second kappa shape index (κ2) is 3.62. The van der Waals surface area contributed by atoms with Gasteiger partial charge < -0.3 is 14.1 Å². The van der Waals surface area contributed by atoms with E-state index >= 15 is 0 Å². The zero-order valence-corrected chi connectivity index (χ0v) is 9.52. The largest absolute Gasteiger partial charge is 0.481 e. The van der Waals surface area contributed by atoms with Gasteiger partial charge in [-0.2, -0.15) is 4.98 Å². The van der Waals surface area contributed by atoms with Crippen LogP contribution in [0.5, 0.6) is 5.88 Å². The summed E-state index contributed by atoms with van der Waals surface area (Å²) in [5, 5.41) is 0. The lowest BCUT2D eigenvalue weighted by Gasteiger charge is -1.95. The molecule has 5 nitrogen and oxygen atoms in total. The Morgan fingerprint density at radius 2 is 2.06 bits per heavy atom. The van der Waals surface area contributed by atoms with Crippen molar-refractivity contribution in [2.75, 3.05) is 7.11 Å². The molecule has 0 aliphatic rings. The fourth-order valence-electron chi connectivity index (χ4n) is 1.67. The Morgan fingerprint density at radius 3 is 2.76 bits per heavy atom. The van der Waals surface area contributed by atoms with Gasteiger partial charge in [-0.15, -0.1) is 0 Å². The minimum atomic E-state index is 0.547. The third-order valence-corrected chi connectivity index (χ3v) is 2.50. The first-order valence-electron chi connectivity index (χ1n) is 5.24. The number of fused-ring (bicyclic) bond motifs is 1. The molecule has 86 valence electrons. The van der Waals surface area contributed by atoms with Crippen molar-refractivity contribution in [1.82, 2.24) is 15.0 Å². The summed E-state index contributed by atoms with van der Waals surface area (Å²) in [7, 11) is 1.58. The average molecular weight is 229 g/mol. The lowest BCUT2D eigenvalue weighted by Crippen LogP contribution is -1.86. The van der Waals surface area contributed by atoms with Crippen LogP contribution < -0.4 is 4.74 Å². The molecule has 0 bridgehead atoms. The standard InChI is InChI=1S/C12H11N3O2/c1-7-3-5-9(17-7)12-13-8-4-6-10(16-2)14-11(8)15-12/h3-6H,1-2H3,(H,13,14,15). The highest BCUT2D eigenvalue weighted by Gasteiger charge is 2.09. The number of rotatable bonds is 2. The van der Waals surface area contributed by atoms with Gasteiger partial charge in [0.2, 0.25) is 5.88 Å². The van der Waals surface area contributed by atoms with E-state index in [4.69, 9.17) is 9.15 Å². The van der Waals surface area contributed by atoms with Gasteiger partial charge in [0.15, 0.2) is 17.2 Å². The fourth-order valence-corrected chi connectivity index (χ4v) is 1.67. The van der Waals surface area contributed by atoms with E-state index in [9.17, 15) is 0 Å². The lowest BCUT2D eigenvalue weighted by atomic mass is 10.4. The molecule has 5 heteroatoms. The van der Waals surface area contributed by atoms with E-state index in [1.165, 1.54) is 0 Å². The molecule has 1 N–H and O–H groups in total. The molecule has 17 heavy (non-hydrogen) atoms. The summed E-state index contributed by atoms with van der Waals surface area (Å²) in [6.45, 7) is 1.90. The van der Waals surface area contributed by atoms with Crippen LogP contribution in [-0.2, 0) is 0 Å². The monoisotopic (exact) mass is 229 g/mol. The van der Waals surface area contributed by atoms with Gasteiger partial charge in [0, 0.05) is 6.07 Å². The van der Waals surface area contributed by atoms with Crippen LogP contribution in [-0.4, -0.2) is 22.1 Å². The number of aryl methyl sites for hydroxylation is 1. The summed E-state index contributed by atoms with van der Waals surface area (Å²) in [4.78, 5) is 11.8. The number of furan rings is 1. The van der Waals surface area contributed by atoms with Crippen molar-refractivity contribution < 1.29 is 9.15 Å². The highest BCUT2D eigenvalue weighted by Crippen LogP contribution is 2.22. The van der Waals surface area contributed by atoms with E-state index in [-0.39, 0.29) is 0 Å². The molecule has 0 fully saturated rings. The number of pyridine rings is 1. The summed E-state index contributed by atoms with van der Waals surface area (Å²) in [5.41, 5.74) is 1.48. The number of H-pyrrole nitrogens is 1. The van der Waals surface area contributed by atoms with E-state index in [0.717, 1.165) is 11.3 Å². The summed E-state index contributed by atoms with van der Waals surface area (Å²) >= 11 is 0. The predicted octanol–water partition coefficient (Wildman–Crippen LogP) is 2.53. The lowest BCUT2D eigenvalue weighted by molar-refractivity contribution is 0.399. The third-order valence-electron chi connectivity index (χ3n) is 2.50. The van der Waals surface area contributed by atoms with Crippen molar-refractivity contribution in [2.24, 2.45) is 0 Å². The number of hydrogen-bond donors (Lipinski definition) is 1. The molecular formula is C12H11N3O2. The van der Waals surface area contributed by atoms with Crippen LogP contribution in [0.25, 0.3) is 22.7 Å².